The molecule has 0 saturated carbocycles. The number of rotatable bonds is 4. The van der Waals surface area contributed by atoms with E-state index in [1.165, 1.54) is 0 Å². The first kappa shape index (κ1) is 15.8. The Labute approximate surface area is 129 Å². The van der Waals surface area contributed by atoms with Crippen LogP contribution in [0.25, 0.3) is 0 Å². The number of hydrogen-bond donors (Lipinski definition) is 0. The Morgan fingerprint density at radius 2 is 2.10 bits per heavy atom. The Morgan fingerprint density at radius 3 is 2.75 bits per heavy atom. The third-order valence-electron chi connectivity index (χ3n) is 3.57. The van der Waals surface area contributed by atoms with Gasteiger partial charge in [0.15, 0.2) is 9.84 Å². The maximum atomic E-state index is 12.3. The smallest absolute Gasteiger partial charge is 0.180 e. The number of nitrogens with zero attached hydrogens (tertiary/aromatic N) is 1. The monoisotopic (exact) mass is 361 g/mol. The van der Waals surface area contributed by atoms with E-state index in [2.05, 4.69) is 27.8 Å². The molecule has 0 spiro atoms. The maximum Gasteiger partial charge on any atom is 0.180 e. The highest BCUT2D eigenvalue weighted by Gasteiger charge is 2.29. The minimum atomic E-state index is -3.22. The second kappa shape index (κ2) is 6.45. The highest BCUT2D eigenvalue weighted by atomic mass is 79.9. The van der Waals surface area contributed by atoms with Crippen LogP contribution in [0.15, 0.2) is 29.2 Å². The van der Waals surface area contributed by atoms with Crippen molar-refractivity contribution in [1.29, 1.82) is 0 Å². The number of ether oxygens (including phenoxy) is 1. The second-order valence-corrected chi connectivity index (χ2v) is 7.88. The summed E-state index contributed by atoms with van der Waals surface area (Å²) in [5.41, 5.74) is 0.788. The summed E-state index contributed by atoms with van der Waals surface area (Å²) in [6.45, 7) is 5.04. The van der Waals surface area contributed by atoms with Crippen molar-refractivity contribution in [2.24, 2.45) is 0 Å². The predicted octanol–water partition coefficient (Wildman–Crippen LogP) is 2.47. The van der Waals surface area contributed by atoms with Crippen molar-refractivity contribution in [3.63, 3.8) is 0 Å². The summed E-state index contributed by atoms with van der Waals surface area (Å²) in [5.74, 6) is 0.116. The maximum absolute atomic E-state index is 12.3. The molecule has 1 aliphatic rings. The number of morpholine rings is 1. The molecule has 112 valence electrons. The number of anilines is 1. The van der Waals surface area contributed by atoms with Crippen molar-refractivity contribution >= 4 is 31.5 Å². The molecule has 1 saturated heterocycles. The average Bonchev–Trinajstić information content (AvgIpc) is 2.48. The second-order valence-electron chi connectivity index (χ2n) is 4.98. The highest BCUT2D eigenvalue weighted by Crippen LogP contribution is 2.29. The summed E-state index contributed by atoms with van der Waals surface area (Å²) in [7, 11) is -3.22. The van der Waals surface area contributed by atoms with Gasteiger partial charge in [-0.25, -0.2) is 8.42 Å². The van der Waals surface area contributed by atoms with E-state index in [0.29, 0.717) is 18.0 Å². The van der Waals surface area contributed by atoms with Crippen molar-refractivity contribution in [2.45, 2.75) is 30.9 Å². The molecule has 1 aromatic rings. The number of halogens is 1. The summed E-state index contributed by atoms with van der Waals surface area (Å²) in [6, 6.07) is 7.40. The van der Waals surface area contributed by atoms with Gasteiger partial charge in [-0.05, 0) is 19.1 Å². The number of benzene rings is 1. The van der Waals surface area contributed by atoms with Gasteiger partial charge in [0.05, 0.1) is 29.0 Å². The number of hydrogen-bond acceptors (Lipinski definition) is 4. The van der Waals surface area contributed by atoms with Crippen LogP contribution in [0.4, 0.5) is 5.69 Å². The van der Waals surface area contributed by atoms with Gasteiger partial charge in [0.2, 0.25) is 0 Å². The van der Waals surface area contributed by atoms with Gasteiger partial charge >= 0.3 is 0 Å². The average molecular weight is 362 g/mol. The number of para-hydroxylation sites is 1. The quantitative estimate of drug-likeness (QED) is 0.772. The molecule has 1 aliphatic heterocycles. The summed E-state index contributed by atoms with van der Waals surface area (Å²) in [5, 5.41) is 0.749. The minimum absolute atomic E-state index is 0.0867. The van der Waals surface area contributed by atoms with Crippen molar-refractivity contribution < 1.29 is 13.2 Å². The molecule has 0 aromatic heterocycles. The van der Waals surface area contributed by atoms with E-state index in [9.17, 15) is 8.42 Å². The molecule has 2 atom stereocenters. The Kier molecular flexibility index (Phi) is 5.09. The molecule has 4 nitrogen and oxygen atoms in total. The van der Waals surface area contributed by atoms with Crippen molar-refractivity contribution in [1.82, 2.24) is 0 Å². The zero-order valence-corrected chi connectivity index (χ0v) is 14.2. The molecule has 20 heavy (non-hydrogen) atoms. The first-order valence-electron chi connectivity index (χ1n) is 6.75. The van der Waals surface area contributed by atoms with Gasteiger partial charge in [-0.2, -0.15) is 0 Å². The Bertz CT molecular complexity index is 561. The summed E-state index contributed by atoms with van der Waals surface area (Å²) in [6.07, 6.45) is 0.0867. The van der Waals surface area contributed by atoms with Gasteiger partial charge in [0, 0.05) is 17.9 Å². The molecule has 2 rings (SSSR count). The molecule has 1 aromatic carbocycles. The largest absolute Gasteiger partial charge is 0.373 e. The molecule has 1 fully saturated rings. The Hall–Kier alpha value is -0.590. The first-order chi connectivity index (χ1) is 9.49. The van der Waals surface area contributed by atoms with Gasteiger partial charge in [-0.3, -0.25) is 0 Å². The number of alkyl halides is 1. The van der Waals surface area contributed by atoms with Crippen LogP contribution in [-0.4, -0.2) is 44.8 Å². The van der Waals surface area contributed by atoms with Gasteiger partial charge in [-0.1, -0.05) is 35.0 Å². The van der Waals surface area contributed by atoms with Crippen LogP contribution in [0.2, 0.25) is 0 Å². The normalized spacial score (nSPS) is 23.9. The van der Waals surface area contributed by atoms with Crippen LogP contribution in [0, 0.1) is 0 Å². The molecular formula is C14H20BrNO3S. The molecular weight excluding hydrogens is 342 g/mol. The van der Waals surface area contributed by atoms with E-state index < -0.39 is 9.84 Å². The minimum Gasteiger partial charge on any atom is -0.373 e. The standard InChI is InChI=1S/C14H20BrNO3S/c1-3-20(17,18)14-7-5-4-6-13(14)16-9-12(8-15)19-10-11(16)2/h4-7,11-12H,3,8-10H2,1-2H3. The van der Waals surface area contributed by atoms with Crippen LogP contribution in [-0.2, 0) is 14.6 Å². The predicted molar refractivity (Wildman–Crippen MR) is 84.5 cm³/mol. The van der Waals surface area contributed by atoms with Crippen molar-refractivity contribution in [3.05, 3.63) is 24.3 Å². The zero-order valence-electron chi connectivity index (χ0n) is 11.8. The lowest BCUT2D eigenvalue weighted by molar-refractivity contribution is 0.0378. The fraction of sp³-hybridized carbons (Fsp3) is 0.571. The van der Waals surface area contributed by atoms with Crippen LogP contribution >= 0.6 is 15.9 Å². The van der Waals surface area contributed by atoms with E-state index in [4.69, 9.17) is 4.74 Å². The fourth-order valence-electron chi connectivity index (χ4n) is 2.36. The molecule has 0 radical (unpaired) electrons. The highest BCUT2D eigenvalue weighted by molar-refractivity contribution is 9.09. The van der Waals surface area contributed by atoms with Crippen LogP contribution < -0.4 is 4.90 Å². The van der Waals surface area contributed by atoms with Gasteiger partial charge in [0.1, 0.15) is 0 Å². The van der Waals surface area contributed by atoms with E-state index in [1.807, 2.05) is 12.1 Å². The van der Waals surface area contributed by atoms with Gasteiger partial charge < -0.3 is 9.64 Å². The van der Waals surface area contributed by atoms with E-state index >= 15 is 0 Å². The van der Waals surface area contributed by atoms with Crippen LogP contribution in [0.1, 0.15) is 13.8 Å². The van der Waals surface area contributed by atoms with Crippen LogP contribution in [0.3, 0.4) is 0 Å². The lowest BCUT2D eigenvalue weighted by Gasteiger charge is -2.39. The summed E-state index contributed by atoms with van der Waals surface area (Å²) >= 11 is 3.43. The molecule has 1 heterocycles. The SMILES string of the molecule is CCS(=O)(=O)c1ccccc1N1CC(CBr)OCC1C. The van der Waals surface area contributed by atoms with Gasteiger partial charge in [0.25, 0.3) is 0 Å². The molecule has 0 aliphatic carbocycles. The van der Waals surface area contributed by atoms with Crippen molar-refractivity contribution in [2.75, 3.05) is 29.1 Å². The molecule has 2 unspecified atom stereocenters. The third kappa shape index (κ3) is 3.18. The van der Waals surface area contributed by atoms with E-state index in [0.717, 1.165) is 11.0 Å². The zero-order chi connectivity index (χ0) is 14.8. The van der Waals surface area contributed by atoms with Crippen LogP contribution in [0.5, 0.6) is 0 Å². The molecule has 0 amide bonds. The molecule has 0 bridgehead atoms. The Morgan fingerprint density at radius 1 is 1.40 bits per heavy atom. The van der Waals surface area contributed by atoms with Gasteiger partial charge in [-0.15, -0.1) is 0 Å². The topological polar surface area (TPSA) is 46.6 Å². The first-order valence-corrected chi connectivity index (χ1v) is 9.53. The lowest BCUT2D eigenvalue weighted by Crippen LogP contribution is -2.49. The summed E-state index contributed by atoms with van der Waals surface area (Å²) < 4.78 is 30.2. The molecule has 6 heteroatoms. The van der Waals surface area contributed by atoms with Crippen molar-refractivity contribution in [3.8, 4) is 0 Å². The summed E-state index contributed by atoms with van der Waals surface area (Å²) in [4.78, 5) is 2.56. The Balaban J connectivity index is 2.41. The molecule has 0 N–H and O–H groups in total. The fourth-order valence-corrected chi connectivity index (χ4v) is 3.85. The van der Waals surface area contributed by atoms with E-state index in [1.54, 1.807) is 19.1 Å². The third-order valence-corrected chi connectivity index (χ3v) is 6.07. The van der Waals surface area contributed by atoms with E-state index in [-0.39, 0.29) is 17.9 Å². The lowest BCUT2D eigenvalue weighted by atomic mass is 10.1. The number of sulfone groups is 1.